The number of hydrogen-bond acceptors (Lipinski definition) is 3. The maximum absolute atomic E-state index is 9.74. The van der Waals surface area contributed by atoms with Gasteiger partial charge in [0, 0.05) is 17.6 Å². The van der Waals surface area contributed by atoms with E-state index in [2.05, 4.69) is 45.0 Å². The Morgan fingerprint density at radius 2 is 1.95 bits per heavy atom. The first-order chi connectivity index (χ1) is 8.94. The van der Waals surface area contributed by atoms with Crippen LogP contribution in [0.2, 0.25) is 0 Å². The lowest BCUT2D eigenvalue weighted by Crippen LogP contribution is -2.49. The molecule has 1 fully saturated rings. The molecule has 2 atom stereocenters. The van der Waals surface area contributed by atoms with E-state index in [4.69, 9.17) is 0 Å². The Morgan fingerprint density at radius 3 is 2.37 bits per heavy atom. The molecule has 0 aromatic carbocycles. The molecule has 114 valence electrons. The van der Waals surface area contributed by atoms with Gasteiger partial charge in [0.1, 0.15) is 0 Å². The summed E-state index contributed by atoms with van der Waals surface area (Å²) in [6, 6.07) is 1.29. The molecule has 2 unspecified atom stereocenters. The minimum Gasteiger partial charge on any atom is -0.394 e. The van der Waals surface area contributed by atoms with Gasteiger partial charge < -0.3 is 15.3 Å². The highest BCUT2D eigenvalue weighted by Crippen LogP contribution is 2.27. The summed E-state index contributed by atoms with van der Waals surface area (Å²) in [6.45, 7) is 10.4. The van der Waals surface area contributed by atoms with Gasteiger partial charge in [0.15, 0.2) is 0 Å². The molecule has 0 aliphatic heterocycles. The van der Waals surface area contributed by atoms with Crippen molar-refractivity contribution in [2.24, 2.45) is 5.92 Å². The second-order valence-electron chi connectivity index (χ2n) is 6.78. The monoisotopic (exact) mass is 270 g/mol. The van der Waals surface area contributed by atoms with Crippen LogP contribution in [0, 0.1) is 5.92 Å². The summed E-state index contributed by atoms with van der Waals surface area (Å²) < 4.78 is 0. The van der Waals surface area contributed by atoms with Crippen LogP contribution >= 0.6 is 0 Å². The summed E-state index contributed by atoms with van der Waals surface area (Å²) in [5.41, 5.74) is -0.0386. The molecule has 19 heavy (non-hydrogen) atoms. The Bertz CT molecular complexity index is 247. The Morgan fingerprint density at radius 1 is 1.32 bits per heavy atom. The van der Waals surface area contributed by atoms with E-state index >= 15 is 0 Å². The molecule has 0 bridgehead atoms. The maximum Gasteiger partial charge on any atom is 0.0613 e. The minimum absolute atomic E-state index is 0.0386. The molecule has 3 heteroatoms. The Balaban J connectivity index is 2.35. The molecule has 0 aromatic heterocycles. The van der Waals surface area contributed by atoms with E-state index in [-0.39, 0.29) is 12.1 Å². The van der Waals surface area contributed by atoms with Gasteiger partial charge in [-0.25, -0.2) is 0 Å². The van der Waals surface area contributed by atoms with Gasteiger partial charge in [0.05, 0.1) is 6.61 Å². The van der Waals surface area contributed by atoms with E-state index in [9.17, 15) is 5.11 Å². The zero-order valence-corrected chi connectivity index (χ0v) is 13.6. The maximum atomic E-state index is 9.74. The molecule has 3 nitrogen and oxygen atoms in total. The second kappa shape index (κ2) is 7.61. The topological polar surface area (TPSA) is 35.5 Å². The highest BCUT2D eigenvalue weighted by Gasteiger charge is 2.34. The zero-order valence-electron chi connectivity index (χ0n) is 13.6. The summed E-state index contributed by atoms with van der Waals surface area (Å²) in [7, 11) is 2.21. The lowest BCUT2D eigenvalue weighted by Gasteiger charge is -2.34. The normalized spacial score (nSPS) is 20.8. The van der Waals surface area contributed by atoms with Gasteiger partial charge in [-0.15, -0.1) is 0 Å². The summed E-state index contributed by atoms with van der Waals surface area (Å²) in [5, 5.41) is 13.4. The van der Waals surface area contributed by atoms with Crippen molar-refractivity contribution in [3.63, 3.8) is 0 Å². The fourth-order valence-corrected chi connectivity index (χ4v) is 2.63. The van der Waals surface area contributed by atoms with Crippen LogP contribution in [0.4, 0.5) is 0 Å². The number of hydrogen-bond donors (Lipinski definition) is 2. The minimum atomic E-state index is -0.0386. The van der Waals surface area contributed by atoms with Crippen LogP contribution < -0.4 is 5.32 Å². The predicted octanol–water partition coefficient (Wildman–Crippen LogP) is 2.64. The summed E-state index contributed by atoms with van der Waals surface area (Å²) in [4.78, 5) is 2.44. The van der Waals surface area contributed by atoms with Crippen LogP contribution in [0.5, 0.6) is 0 Å². The van der Waals surface area contributed by atoms with E-state index in [0.29, 0.717) is 18.0 Å². The third-order valence-corrected chi connectivity index (χ3v) is 4.89. The predicted molar refractivity (Wildman–Crippen MR) is 82.4 cm³/mol. The van der Waals surface area contributed by atoms with E-state index < -0.39 is 0 Å². The van der Waals surface area contributed by atoms with Crippen LogP contribution in [-0.4, -0.2) is 47.8 Å². The quantitative estimate of drug-likeness (QED) is 0.640. The molecule has 1 saturated carbocycles. The molecule has 0 radical (unpaired) electrons. The smallest absolute Gasteiger partial charge is 0.0613 e. The van der Waals surface area contributed by atoms with Crippen LogP contribution in [0.25, 0.3) is 0 Å². The van der Waals surface area contributed by atoms with Gasteiger partial charge in [0.2, 0.25) is 0 Å². The van der Waals surface area contributed by atoms with E-state index in [0.717, 1.165) is 25.8 Å². The Hall–Kier alpha value is -0.120. The zero-order chi connectivity index (χ0) is 14.5. The third kappa shape index (κ3) is 5.41. The Labute approximate surface area is 119 Å². The fraction of sp³-hybridized carbons (Fsp3) is 1.00. The Kier molecular flexibility index (Phi) is 6.78. The van der Waals surface area contributed by atoms with Crippen LogP contribution in [0.1, 0.15) is 59.8 Å². The molecule has 0 aromatic rings. The van der Waals surface area contributed by atoms with Gasteiger partial charge in [-0.3, -0.25) is 0 Å². The van der Waals surface area contributed by atoms with Gasteiger partial charge in [0.25, 0.3) is 0 Å². The highest BCUT2D eigenvalue weighted by molar-refractivity contribution is 4.94. The van der Waals surface area contributed by atoms with Gasteiger partial charge in [-0.2, -0.15) is 0 Å². The molecule has 0 amide bonds. The average molecular weight is 270 g/mol. The number of rotatable bonds is 10. The van der Waals surface area contributed by atoms with Crippen molar-refractivity contribution in [3.8, 4) is 0 Å². The third-order valence-electron chi connectivity index (χ3n) is 4.89. The molecular weight excluding hydrogens is 236 g/mol. The largest absolute Gasteiger partial charge is 0.394 e. The van der Waals surface area contributed by atoms with Crippen molar-refractivity contribution in [1.82, 2.24) is 10.2 Å². The van der Waals surface area contributed by atoms with Gasteiger partial charge in [-0.05, 0) is 58.5 Å². The van der Waals surface area contributed by atoms with Crippen LogP contribution in [0.15, 0.2) is 0 Å². The standard InChI is InChI=1S/C16H34N2O/c1-6-16(12-19,17-15-8-9-15)10-7-11-18(5)14(4)13(2)3/h13-15,17,19H,6-12H2,1-5H3. The van der Waals surface area contributed by atoms with Crippen molar-refractivity contribution >= 4 is 0 Å². The van der Waals surface area contributed by atoms with E-state index in [1.54, 1.807) is 0 Å². The molecule has 1 aliphatic rings. The summed E-state index contributed by atoms with van der Waals surface area (Å²) in [5.74, 6) is 0.698. The molecule has 0 saturated heterocycles. The van der Waals surface area contributed by atoms with Crippen molar-refractivity contribution < 1.29 is 5.11 Å². The number of aliphatic hydroxyl groups excluding tert-OH is 1. The fourth-order valence-electron chi connectivity index (χ4n) is 2.63. The number of nitrogens with one attached hydrogen (secondary N) is 1. The number of nitrogens with zero attached hydrogens (tertiary/aromatic N) is 1. The molecule has 1 aliphatic carbocycles. The second-order valence-corrected chi connectivity index (χ2v) is 6.78. The summed E-state index contributed by atoms with van der Waals surface area (Å²) in [6.07, 6.45) is 5.81. The molecule has 2 N–H and O–H groups in total. The first-order valence-corrected chi connectivity index (χ1v) is 8.03. The summed E-state index contributed by atoms with van der Waals surface area (Å²) >= 11 is 0. The van der Waals surface area contributed by atoms with Crippen LogP contribution in [0.3, 0.4) is 0 Å². The van der Waals surface area contributed by atoms with Crippen molar-refractivity contribution in [1.29, 1.82) is 0 Å². The van der Waals surface area contributed by atoms with Crippen molar-refractivity contribution in [2.45, 2.75) is 77.4 Å². The molecule has 1 rings (SSSR count). The van der Waals surface area contributed by atoms with E-state index in [1.807, 2.05) is 0 Å². The van der Waals surface area contributed by atoms with E-state index in [1.165, 1.54) is 12.8 Å². The molecular formula is C16H34N2O. The SMILES string of the molecule is CCC(CO)(CCCN(C)C(C)C(C)C)NC1CC1. The lowest BCUT2D eigenvalue weighted by atomic mass is 9.90. The lowest BCUT2D eigenvalue weighted by molar-refractivity contribution is 0.132. The first kappa shape index (κ1) is 16.9. The van der Waals surface area contributed by atoms with Crippen LogP contribution in [-0.2, 0) is 0 Å². The molecule has 0 spiro atoms. The van der Waals surface area contributed by atoms with Gasteiger partial charge in [-0.1, -0.05) is 20.8 Å². The number of aliphatic hydroxyl groups is 1. The van der Waals surface area contributed by atoms with Crippen molar-refractivity contribution in [3.05, 3.63) is 0 Å². The first-order valence-electron chi connectivity index (χ1n) is 8.03. The highest BCUT2D eigenvalue weighted by atomic mass is 16.3. The molecule has 0 heterocycles. The van der Waals surface area contributed by atoms with Gasteiger partial charge >= 0.3 is 0 Å². The average Bonchev–Trinajstić information content (AvgIpc) is 3.20. The van der Waals surface area contributed by atoms with Crippen molar-refractivity contribution in [2.75, 3.05) is 20.2 Å².